The van der Waals surface area contributed by atoms with Crippen molar-refractivity contribution in [1.82, 2.24) is 15.2 Å². The van der Waals surface area contributed by atoms with Crippen molar-refractivity contribution in [1.29, 1.82) is 0 Å². The molecule has 7 nitrogen and oxygen atoms in total. The van der Waals surface area contributed by atoms with Gasteiger partial charge in [-0.15, -0.1) is 21.5 Å². The van der Waals surface area contributed by atoms with Gasteiger partial charge in [-0.25, -0.2) is 4.98 Å². The third-order valence-electron chi connectivity index (χ3n) is 4.51. The second kappa shape index (κ2) is 8.83. The second-order valence-corrected chi connectivity index (χ2v) is 9.08. The van der Waals surface area contributed by atoms with Crippen LogP contribution in [0.3, 0.4) is 0 Å². The summed E-state index contributed by atoms with van der Waals surface area (Å²) >= 11 is 2.86. The summed E-state index contributed by atoms with van der Waals surface area (Å²) in [5, 5.41) is 13.1. The average Bonchev–Trinajstić information content (AvgIpc) is 3.14. The molecule has 0 aliphatic carbocycles. The molecule has 2 heterocycles. The molecule has 0 aliphatic heterocycles. The van der Waals surface area contributed by atoms with Crippen LogP contribution in [0.1, 0.15) is 20.9 Å². The number of rotatable bonds is 6. The molecule has 4 rings (SSSR count). The van der Waals surface area contributed by atoms with Crippen LogP contribution in [0, 0.1) is 13.8 Å². The van der Waals surface area contributed by atoms with Gasteiger partial charge in [-0.2, -0.15) is 0 Å². The van der Waals surface area contributed by atoms with Crippen LogP contribution >= 0.6 is 23.1 Å². The first-order valence-corrected chi connectivity index (χ1v) is 11.2. The number of thioether (sulfide) groups is 1. The summed E-state index contributed by atoms with van der Waals surface area (Å²) in [5.74, 6) is -0.549. The van der Waals surface area contributed by atoms with Gasteiger partial charge in [0.1, 0.15) is 16.2 Å². The maximum atomic E-state index is 12.4. The lowest BCUT2D eigenvalue weighted by Crippen LogP contribution is -2.15. The molecule has 2 amide bonds. The van der Waals surface area contributed by atoms with E-state index in [1.165, 1.54) is 17.3 Å². The van der Waals surface area contributed by atoms with E-state index in [2.05, 4.69) is 20.5 Å². The molecule has 0 saturated heterocycles. The Bertz CT molecular complexity index is 1270. The molecule has 0 saturated carbocycles. The SMILES string of the molecule is Cc1ccc(-c2nnc(SCC(=O)Nc3ccc(C(N)=O)cc3)c3nc(C)sc23)cc1. The predicted octanol–water partition coefficient (Wildman–Crippen LogP) is 4.20. The molecule has 0 radical (unpaired) electrons. The summed E-state index contributed by atoms with van der Waals surface area (Å²) in [6, 6.07) is 14.6. The van der Waals surface area contributed by atoms with Crippen LogP contribution in [-0.2, 0) is 4.79 Å². The standard InChI is InChI=1S/C22H19N5O2S2/c1-12-3-5-14(6-4-12)18-20-19(24-13(2)31-20)22(27-26-18)30-11-17(28)25-16-9-7-15(8-10-16)21(23)29/h3-10H,11H2,1-2H3,(H2,23,29)(H,25,28). The van der Waals surface area contributed by atoms with E-state index < -0.39 is 5.91 Å². The third kappa shape index (κ3) is 4.73. The number of primary amides is 1. The molecule has 2 aromatic heterocycles. The lowest BCUT2D eigenvalue weighted by molar-refractivity contribution is -0.113. The molecule has 2 aromatic carbocycles. The number of nitrogens with one attached hydrogen (secondary N) is 1. The van der Waals surface area contributed by atoms with Crippen molar-refractivity contribution in [3.05, 3.63) is 64.7 Å². The van der Waals surface area contributed by atoms with Crippen LogP contribution in [0.25, 0.3) is 21.5 Å². The van der Waals surface area contributed by atoms with Crippen molar-refractivity contribution in [2.24, 2.45) is 5.73 Å². The van der Waals surface area contributed by atoms with Crippen LogP contribution in [0.4, 0.5) is 5.69 Å². The lowest BCUT2D eigenvalue weighted by Gasteiger charge is -2.07. The number of aryl methyl sites for hydroxylation is 2. The molecular weight excluding hydrogens is 430 g/mol. The van der Waals surface area contributed by atoms with Crippen LogP contribution in [0.2, 0.25) is 0 Å². The van der Waals surface area contributed by atoms with Crippen LogP contribution in [-0.4, -0.2) is 32.7 Å². The molecular formula is C22H19N5O2S2. The largest absolute Gasteiger partial charge is 0.366 e. The number of hydrogen-bond donors (Lipinski definition) is 2. The zero-order chi connectivity index (χ0) is 22.0. The van der Waals surface area contributed by atoms with Gasteiger partial charge in [-0.3, -0.25) is 9.59 Å². The Morgan fingerprint density at radius 1 is 1.03 bits per heavy atom. The van der Waals surface area contributed by atoms with Crippen molar-refractivity contribution >= 4 is 50.8 Å². The zero-order valence-corrected chi connectivity index (χ0v) is 18.5. The van der Waals surface area contributed by atoms with E-state index in [0.29, 0.717) is 16.3 Å². The summed E-state index contributed by atoms with van der Waals surface area (Å²) in [6.45, 7) is 3.99. The molecule has 4 aromatic rings. The van der Waals surface area contributed by atoms with Gasteiger partial charge < -0.3 is 11.1 Å². The van der Waals surface area contributed by atoms with E-state index >= 15 is 0 Å². The van der Waals surface area contributed by atoms with Gasteiger partial charge in [0.15, 0.2) is 0 Å². The number of carbonyl (C=O) groups excluding carboxylic acids is 2. The number of hydrogen-bond acceptors (Lipinski definition) is 7. The van der Waals surface area contributed by atoms with E-state index in [9.17, 15) is 9.59 Å². The highest BCUT2D eigenvalue weighted by molar-refractivity contribution is 8.00. The molecule has 0 atom stereocenters. The van der Waals surface area contributed by atoms with Crippen LogP contribution < -0.4 is 11.1 Å². The van der Waals surface area contributed by atoms with Gasteiger partial charge in [0.25, 0.3) is 0 Å². The summed E-state index contributed by atoms with van der Waals surface area (Å²) in [6.07, 6.45) is 0. The van der Waals surface area contributed by atoms with E-state index in [4.69, 9.17) is 5.73 Å². The number of amides is 2. The topological polar surface area (TPSA) is 111 Å². The maximum absolute atomic E-state index is 12.4. The highest BCUT2D eigenvalue weighted by Crippen LogP contribution is 2.35. The number of fused-ring (bicyclic) bond motifs is 1. The molecule has 9 heteroatoms. The van der Waals surface area contributed by atoms with Crippen molar-refractivity contribution in [2.45, 2.75) is 18.9 Å². The fraction of sp³-hybridized carbons (Fsp3) is 0.136. The number of thiazole rings is 1. The van der Waals surface area contributed by atoms with Crippen molar-refractivity contribution in [3.8, 4) is 11.3 Å². The number of aromatic nitrogens is 3. The summed E-state index contributed by atoms with van der Waals surface area (Å²) in [4.78, 5) is 28.1. The first kappa shape index (κ1) is 21.0. The maximum Gasteiger partial charge on any atom is 0.248 e. The first-order valence-electron chi connectivity index (χ1n) is 9.44. The quantitative estimate of drug-likeness (QED) is 0.427. The molecule has 156 valence electrons. The highest BCUT2D eigenvalue weighted by Gasteiger charge is 2.17. The summed E-state index contributed by atoms with van der Waals surface area (Å²) in [7, 11) is 0. The molecule has 0 bridgehead atoms. The number of anilines is 1. The van der Waals surface area contributed by atoms with Gasteiger partial charge in [-0.1, -0.05) is 41.6 Å². The Morgan fingerprint density at radius 2 is 1.74 bits per heavy atom. The number of nitrogens with two attached hydrogens (primary N) is 1. The predicted molar refractivity (Wildman–Crippen MR) is 124 cm³/mol. The van der Waals surface area contributed by atoms with Gasteiger partial charge in [0.2, 0.25) is 11.8 Å². The Labute approximate surface area is 187 Å². The van der Waals surface area contributed by atoms with Crippen LogP contribution in [0.5, 0.6) is 0 Å². The van der Waals surface area contributed by atoms with E-state index in [1.807, 2.05) is 38.1 Å². The van der Waals surface area contributed by atoms with E-state index in [1.54, 1.807) is 35.6 Å². The molecule has 0 unspecified atom stereocenters. The minimum atomic E-state index is -0.510. The number of benzene rings is 2. The first-order chi connectivity index (χ1) is 14.9. The molecule has 0 spiro atoms. The molecule has 31 heavy (non-hydrogen) atoms. The van der Waals surface area contributed by atoms with E-state index in [-0.39, 0.29) is 11.7 Å². The fourth-order valence-electron chi connectivity index (χ4n) is 2.97. The number of nitrogens with zero attached hydrogens (tertiary/aromatic N) is 3. The normalized spacial score (nSPS) is 10.9. The summed E-state index contributed by atoms with van der Waals surface area (Å²) in [5.41, 5.74) is 9.93. The van der Waals surface area contributed by atoms with Crippen molar-refractivity contribution < 1.29 is 9.59 Å². The van der Waals surface area contributed by atoms with Crippen molar-refractivity contribution in [2.75, 3.05) is 11.1 Å². The molecule has 3 N–H and O–H groups in total. The van der Waals surface area contributed by atoms with Gasteiger partial charge in [-0.05, 0) is 38.1 Å². The minimum absolute atomic E-state index is 0.155. The fourth-order valence-corrected chi connectivity index (χ4v) is 4.68. The Morgan fingerprint density at radius 3 is 2.42 bits per heavy atom. The van der Waals surface area contributed by atoms with Crippen LogP contribution in [0.15, 0.2) is 53.6 Å². The monoisotopic (exact) mass is 449 g/mol. The van der Waals surface area contributed by atoms with Gasteiger partial charge in [0.05, 0.1) is 15.5 Å². The van der Waals surface area contributed by atoms with E-state index in [0.717, 1.165) is 26.5 Å². The average molecular weight is 450 g/mol. The second-order valence-electron chi connectivity index (χ2n) is 6.91. The Hall–Kier alpha value is -3.30. The lowest BCUT2D eigenvalue weighted by atomic mass is 10.1. The Balaban J connectivity index is 1.51. The smallest absolute Gasteiger partial charge is 0.248 e. The molecule has 0 fully saturated rings. The highest BCUT2D eigenvalue weighted by atomic mass is 32.2. The number of carbonyl (C=O) groups is 2. The molecule has 0 aliphatic rings. The van der Waals surface area contributed by atoms with Crippen molar-refractivity contribution in [3.63, 3.8) is 0 Å². The van der Waals surface area contributed by atoms with Gasteiger partial charge in [0, 0.05) is 16.8 Å². The Kier molecular flexibility index (Phi) is 5.97. The van der Waals surface area contributed by atoms with Gasteiger partial charge >= 0.3 is 0 Å². The minimum Gasteiger partial charge on any atom is -0.366 e. The third-order valence-corrected chi connectivity index (χ3v) is 6.44. The zero-order valence-electron chi connectivity index (χ0n) is 16.9. The summed E-state index contributed by atoms with van der Waals surface area (Å²) < 4.78 is 0.960.